The van der Waals surface area contributed by atoms with Gasteiger partial charge in [0.1, 0.15) is 5.75 Å². The minimum absolute atomic E-state index is 0.000676. The van der Waals surface area contributed by atoms with Gasteiger partial charge in [-0.25, -0.2) is 0 Å². The van der Waals surface area contributed by atoms with Gasteiger partial charge in [-0.15, -0.1) is 11.3 Å². The summed E-state index contributed by atoms with van der Waals surface area (Å²) >= 11 is 7.79. The number of rotatable bonds is 3. The fourth-order valence-corrected chi connectivity index (χ4v) is 3.79. The number of thiophene rings is 1. The van der Waals surface area contributed by atoms with Crippen molar-refractivity contribution in [3.05, 3.63) is 51.2 Å². The van der Waals surface area contributed by atoms with Crippen LogP contribution in [0.2, 0.25) is 5.02 Å². The van der Waals surface area contributed by atoms with Gasteiger partial charge in [0, 0.05) is 11.4 Å². The van der Waals surface area contributed by atoms with Crippen LogP contribution in [-0.4, -0.2) is 24.0 Å². The zero-order chi connectivity index (χ0) is 14.8. The highest BCUT2D eigenvalue weighted by molar-refractivity contribution is 7.10. The van der Waals surface area contributed by atoms with Crippen molar-refractivity contribution in [2.45, 2.75) is 19.4 Å². The SMILES string of the molecule is C[C@H]1c2ccsc2CCN1C(=O)COc1ccccc1Cl. The predicted molar refractivity (Wildman–Crippen MR) is 85.1 cm³/mol. The zero-order valence-corrected chi connectivity index (χ0v) is 13.3. The summed E-state index contributed by atoms with van der Waals surface area (Å²) in [7, 11) is 0. The van der Waals surface area contributed by atoms with Gasteiger partial charge in [0.2, 0.25) is 0 Å². The summed E-state index contributed by atoms with van der Waals surface area (Å²) in [6.45, 7) is 2.84. The van der Waals surface area contributed by atoms with Crippen molar-refractivity contribution in [2.75, 3.05) is 13.2 Å². The molecule has 21 heavy (non-hydrogen) atoms. The minimum Gasteiger partial charge on any atom is -0.482 e. The topological polar surface area (TPSA) is 29.5 Å². The Kier molecular flexibility index (Phi) is 4.17. The Morgan fingerprint density at radius 3 is 3.05 bits per heavy atom. The summed E-state index contributed by atoms with van der Waals surface area (Å²) in [6, 6.07) is 9.42. The van der Waals surface area contributed by atoms with E-state index in [2.05, 4.69) is 18.4 Å². The maximum Gasteiger partial charge on any atom is 0.261 e. The third-order valence-electron chi connectivity index (χ3n) is 3.79. The lowest BCUT2D eigenvalue weighted by Crippen LogP contribution is -2.40. The minimum atomic E-state index is -0.000676. The summed E-state index contributed by atoms with van der Waals surface area (Å²) in [4.78, 5) is 15.7. The van der Waals surface area contributed by atoms with Crippen molar-refractivity contribution in [2.24, 2.45) is 0 Å². The molecular weight excluding hydrogens is 306 g/mol. The smallest absolute Gasteiger partial charge is 0.261 e. The molecular formula is C16H16ClNO2S. The lowest BCUT2D eigenvalue weighted by molar-refractivity contribution is -0.135. The molecule has 0 radical (unpaired) electrons. The number of amides is 1. The van der Waals surface area contributed by atoms with Crippen LogP contribution >= 0.6 is 22.9 Å². The third kappa shape index (κ3) is 2.92. The Bertz CT molecular complexity index is 655. The Labute approximate surface area is 133 Å². The molecule has 2 heterocycles. The molecule has 1 atom stereocenters. The van der Waals surface area contributed by atoms with Crippen LogP contribution < -0.4 is 4.74 Å². The molecule has 1 aliphatic heterocycles. The first-order valence-electron chi connectivity index (χ1n) is 6.90. The van der Waals surface area contributed by atoms with E-state index in [9.17, 15) is 4.79 Å². The first kappa shape index (κ1) is 14.4. The number of carbonyl (C=O) groups is 1. The van der Waals surface area contributed by atoms with Gasteiger partial charge in [0.05, 0.1) is 11.1 Å². The number of benzene rings is 1. The molecule has 0 fully saturated rings. The van der Waals surface area contributed by atoms with Crippen LogP contribution in [0.25, 0.3) is 0 Å². The average Bonchev–Trinajstić information content (AvgIpc) is 2.96. The van der Waals surface area contributed by atoms with Gasteiger partial charge in [-0.1, -0.05) is 23.7 Å². The van der Waals surface area contributed by atoms with Gasteiger partial charge in [0.25, 0.3) is 5.91 Å². The number of fused-ring (bicyclic) bond motifs is 1. The van der Waals surface area contributed by atoms with E-state index in [1.807, 2.05) is 17.0 Å². The highest BCUT2D eigenvalue weighted by Gasteiger charge is 2.28. The standard InChI is InChI=1S/C16H16ClNO2S/c1-11-12-7-9-21-15(12)6-8-18(11)16(19)10-20-14-5-3-2-4-13(14)17/h2-5,7,9,11H,6,8,10H2,1H3/t11-/m0/s1. The third-order valence-corrected chi connectivity index (χ3v) is 5.09. The maximum atomic E-state index is 12.4. The number of ether oxygens (including phenoxy) is 1. The molecule has 0 saturated heterocycles. The molecule has 1 aliphatic rings. The lowest BCUT2D eigenvalue weighted by Gasteiger charge is -2.33. The summed E-state index contributed by atoms with van der Waals surface area (Å²) in [5.41, 5.74) is 1.26. The number of para-hydroxylation sites is 1. The van der Waals surface area contributed by atoms with Crippen LogP contribution in [0.5, 0.6) is 5.75 Å². The van der Waals surface area contributed by atoms with Crippen molar-refractivity contribution in [1.82, 2.24) is 4.90 Å². The second kappa shape index (κ2) is 6.08. The Morgan fingerprint density at radius 1 is 1.43 bits per heavy atom. The van der Waals surface area contributed by atoms with Gasteiger partial charge < -0.3 is 9.64 Å². The van der Waals surface area contributed by atoms with E-state index in [1.165, 1.54) is 10.4 Å². The molecule has 1 aromatic carbocycles. The molecule has 3 rings (SSSR count). The summed E-state index contributed by atoms with van der Waals surface area (Å²) in [6.07, 6.45) is 0.926. The van der Waals surface area contributed by atoms with Gasteiger partial charge in [-0.2, -0.15) is 0 Å². The summed E-state index contributed by atoms with van der Waals surface area (Å²) in [5.74, 6) is 0.549. The quantitative estimate of drug-likeness (QED) is 0.857. The summed E-state index contributed by atoms with van der Waals surface area (Å²) in [5, 5.41) is 2.62. The number of halogens is 1. The first-order chi connectivity index (χ1) is 10.2. The van der Waals surface area contributed by atoms with Crippen LogP contribution in [0, 0.1) is 0 Å². The zero-order valence-electron chi connectivity index (χ0n) is 11.7. The molecule has 5 heteroatoms. The van der Waals surface area contributed by atoms with Crippen LogP contribution in [0.4, 0.5) is 0 Å². The second-order valence-corrected chi connectivity index (χ2v) is 6.44. The van der Waals surface area contributed by atoms with Crippen LogP contribution in [0.1, 0.15) is 23.4 Å². The molecule has 0 saturated carbocycles. The van der Waals surface area contributed by atoms with E-state index in [1.54, 1.807) is 23.5 Å². The van der Waals surface area contributed by atoms with E-state index in [0.29, 0.717) is 10.8 Å². The van der Waals surface area contributed by atoms with Gasteiger partial charge >= 0.3 is 0 Å². The molecule has 0 unspecified atom stereocenters. The second-order valence-electron chi connectivity index (χ2n) is 5.03. The fraction of sp³-hybridized carbons (Fsp3) is 0.312. The van der Waals surface area contributed by atoms with E-state index < -0.39 is 0 Å². The van der Waals surface area contributed by atoms with E-state index in [-0.39, 0.29) is 18.6 Å². The van der Waals surface area contributed by atoms with Gasteiger partial charge in [0.15, 0.2) is 6.61 Å². The molecule has 0 bridgehead atoms. The van der Waals surface area contributed by atoms with E-state index >= 15 is 0 Å². The molecule has 0 spiro atoms. The lowest BCUT2D eigenvalue weighted by atomic mass is 10.0. The van der Waals surface area contributed by atoms with E-state index in [4.69, 9.17) is 16.3 Å². The number of nitrogens with zero attached hydrogens (tertiary/aromatic N) is 1. The monoisotopic (exact) mass is 321 g/mol. The molecule has 3 nitrogen and oxygen atoms in total. The summed E-state index contributed by atoms with van der Waals surface area (Å²) < 4.78 is 5.55. The number of carbonyl (C=O) groups excluding carboxylic acids is 1. The van der Waals surface area contributed by atoms with E-state index in [0.717, 1.165) is 13.0 Å². The number of hydrogen-bond donors (Lipinski definition) is 0. The highest BCUT2D eigenvalue weighted by Crippen LogP contribution is 2.33. The van der Waals surface area contributed by atoms with Crippen molar-refractivity contribution in [3.8, 4) is 5.75 Å². The Balaban J connectivity index is 1.65. The average molecular weight is 322 g/mol. The van der Waals surface area contributed by atoms with Crippen LogP contribution in [0.15, 0.2) is 35.7 Å². The fourth-order valence-electron chi connectivity index (χ4n) is 2.63. The van der Waals surface area contributed by atoms with Crippen molar-refractivity contribution in [1.29, 1.82) is 0 Å². The van der Waals surface area contributed by atoms with Crippen molar-refractivity contribution in [3.63, 3.8) is 0 Å². The van der Waals surface area contributed by atoms with Crippen molar-refractivity contribution >= 4 is 28.8 Å². The maximum absolute atomic E-state index is 12.4. The molecule has 1 amide bonds. The number of hydrogen-bond acceptors (Lipinski definition) is 3. The van der Waals surface area contributed by atoms with Crippen LogP contribution in [0.3, 0.4) is 0 Å². The van der Waals surface area contributed by atoms with Crippen molar-refractivity contribution < 1.29 is 9.53 Å². The molecule has 0 N–H and O–H groups in total. The Morgan fingerprint density at radius 2 is 2.24 bits per heavy atom. The largest absolute Gasteiger partial charge is 0.482 e. The normalized spacial score (nSPS) is 17.4. The van der Waals surface area contributed by atoms with Gasteiger partial charge in [-0.3, -0.25) is 4.79 Å². The molecule has 1 aromatic heterocycles. The van der Waals surface area contributed by atoms with Crippen LogP contribution in [-0.2, 0) is 11.2 Å². The first-order valence-corrected chi connectivity index (χ1v) is 8.15. The predicted octanol–water partition coefficient (Wildman–Crippen LogP) is 3.93. The molecule has 0 aliphatic carbocycles. The molecule has 2 aromatic rings. The molecule has 110 valence electrons. The highest BCUT2D eigenvalue weighted by atomic mass is 35.5. The Hall–Kier alpha value is -1.52. The van der Waals surface area contributed by atoms with Gasteiger partial charge in [-0.05, 0) is 42.5 Å².